The van der Waals surface area contributed by atoms with Crippen LogP contribution < -0.4 is 10.6 Å². The molecule has 0 saturated carbocycles. The van der Waals surface area contributed by atoms with Gasteiger partial charge in [0.2, 0.25) is 5.91 Å². The minimum absolute atomic E-state index is 0.167. The quantitative estimate of drug-likeness (QED) is 0.477. The lowest BCUT2D eigenvalue weighted by Crippen LogP contribution is -2.64. The molecule has 2 N–H and O–H groups in total. The summed E-state index contributed by atoms with van der Waals surface area (Å²) in [5, 5.41) is 6.28. The van der Waals surface area contributed by atoms with E-state index in [0.29, 0.717) is 18.6 Å². The summed E-state index contributed by atoms with van der Waals surface area (Å²) in [5.41, 5.74) is 0. The van der Waals surface area contributed by atoms with E-state index >= 15 is 0 Å². The zero-order valence-electron chi connectivity index (χ0n) is 7.34. The SMILES string of the molecule is CC1CN2CC(=O)NCC2CN1. The summed E-state index contributed by atoms with van der Waals surface area (Å²) >= 11 is 0. The summed E-state index contributed by atoms with van der Waals surface area (Å²) in [4.78, 5) is 13.3. The Balaban J connectivity index is 1.99. The normalized spacial score (nSPS) is 37.2. The summed E-state index contributed by atoms with van der Waals surface area (Å²) in [6, 6.07) is 1.03. The van der Waals surface area contributed by atoms with E-state index in [1.165, 1.54) is 0 Å². The van der Waals surface area contributed by atoms with Crippen LogP contribution in [-0.4, -0.2) is 49.1 Å². The van der Waals surface area contributed by atoms with Gasteiger partial charge in [-0.3, -0.25) is 9.69 Å². The Labute approximate surface area is 72.3 Å². The highest BCUT2D eigenvalue weighted by Gasteiger charge is 2.30. The second-order valence-corrected chi connectivity index (χ2v) is 3.70. The average Bonchev–Trinajstić information content (AvgIpc) is 2.03. The molecule has 2 unspecified atom stereocenters. The standard InChI is InChI=1S/C8H15N3O/c1-6-4-11-5-8(12)10-3-7(11)2-9-6/h6-7,9H,2-5H2,1H3,(H,10,12). The monoisotopic (exact) mass is 169 g/mol. The van der Waals surface area contributed by atoms with Gasteiger partial charge in [0.05, 0.1) is 6.54 Å². The van der Waals surface area contributed by atoms with E-state index in [4.69, 9.17) is 0 Å². The smallest absolute Gasteiger partial charge is 0.234 e. The number of nitrogens with zero attached hydrogens (tertiary/aromatic N) is 1. The van der Waals surface area contributed by atoms with Gasteiger partial charge < -0.3 is 10.6 Å². The summed E-state index contributed by atoms with van der Waals surface area (Å²) in [6.45, 7) is 5.54. The van der Waals surface area contributed by atoms with Crippen molar-refractivity contribution in [3.63, 3.8) is 0 Å². The number of fused-ring (bicyclic) bond motifs is 1. The molecule has 0 spiro atoms. The van der Waals surface area contributed by atoms with Gasteiger partial charge in [0.15, 0.2) is 0 Å². The van der Waals surface area contributed by atoms with E-state index in [1.54, 1.807) is 0 Å². The molecule has 2 aliphatic heterocycles. The highest BCUT2D eigenvalue weighted by Crippen LogP contribution is 2.08. The molecule has 2 rings (SSSR count). The predicted octanol–water partition coefficient (Wildman–Crippen LogP) is -1.22. The van der Waals surface area contributed by atoms with Crippen LogP contribution in [0, 0.1) is 0 Å². The molecule has 4 heteroatoms. The molecule has 2 fully saturated rings. The maximum absolute atomic E-state index is 11.1. The van der Waals surface area contributed by atoms with Gasteiger partial charge in [-0.15, -0.1) is 0 Å². The van der Waals surface area contributed by atoms with E-state index in [0.717, 1.165) is 19.6 Å². The first-order valence-electron chi connectivity index (χ1n) is 4.50. The van der Waals surface area contributed by atoms with E-state index in [2.05, 4.69) is 22.5 Å². The Bertz CT molecular complexity index is 195. The van der Waals surface area contributed by atoms with Gasteiger partial charge in [0, 0.05) is 31.7 Å². The Morgan fingerprint density at radius 1 is 1.50 bits per heavy atom. The fraction of sp³-hybridized carbons (Fsp3) is 0.875. The zero-order valence-corrected chi connectivity index (χ0v) is 7.34. The molecule has 68 valence electrons. The molecule has 0 aromatic rings. The average molecular weight is 169 g/mol. The molecule has 2 atom stereocenters. The van der Waals surface area contributed by atoms with E-state index in [1.807, 2.05) is 0 Å². The zero-order chi connectivity index (χ0) is 8.55. The molecular formula is C8H15N3O. The molecule has 2 heterocycles. The Hall–Kier alpha value is -0.610. The highest BCUT2D eigenvalue weighted by atomic mass is 16.2. The second-order valence-electron chi connectivity index (χ2n) is 3.70. The molecular weight excluding hydrogens is 154 g/mol. The topological polar surface area (TPSA) is 44.4 Å². The molecule has 0 aromatic carbocycles. The van der Waals surface area contributed by atoms with Crippen LogP contribution in [0.4, 0.5) is 0 Å². The van der Waals surface area contributed by atoms with Gasteiger partial charge in [-0.2, -0.15) is 0 Å². The fourth-order valence-electron chi connectivity index (χ4n) is 1.90. The molecule has 2 saturated heterocycles. The maximum atomic E-state index is 11.1. The van der Waals surface area contributed by atoms with Crippen LogP contribution in [0.2, 0.25) is 0 Å². The molecule has 0 radical (unpaired) electrons. The molecule has 2 aliphatic rings. The second kappa shape index (κ2) is 3.03. The van der Waals surface area contributed by atoms with Gasteiger partial charge in [0.25, 0.3) is 0 Å². The number of rotatable bonds is 0. The first kappa shape index (κ1) is 8.01. The van der Waals surface area contributed by atoms with Gasteiger partial charge in [-0.05, 0) is 6.92 Å². The van der Waals surface area contributed by atoms with Crippen molar-refractivity contribution < 1.29 is 4.79 Å². The molecule has 0 bridgehead atoms. The van der Waals surface area contributed by atoms with Crippen LogP contribution >= 0.6 is 0 Å². The van der Waals surface area contributed by atoms with Crippen molar-refractivity contribution in [1.29, 1.82) is 0 Å². The lowest BCUT2D eigenvalue weighted by atomic mass is 10.1. The van der Waals surface area contributed by atoms with Crippen molar-refractivity contribution >= 4 is 5.91 Å². The van der Waals surface area contributed by atoms with E-state index in [9.17, 15) is 4.79 Å². The van der Waals surface area contributed by atoms with Crippen molar-refractivity contribution in [2.45, 2.75) is 19.0 Å². The Kier molecular flexibility index (Phi) is 2.02. The fourth-order valence-corrected chi connectivity index (χ4v) is 1.90. The van der Waals surface area contributed by atoms with Crippen LogP contribution in [0.15, 0.2) is 0 Å². The van der Waals surface area contributed by atoms with E-state index < -0.39 is 0 Å². The van der Waals surface area contributed by atoms with Gasteiger partial charge >= 0.3 is 0 Å². The van der Waals surface area contributed by atoms with Crippen molar-refractivity contribution in [3.8, 4) is 0 Å². The molecule has 1 amide bonds. The minimum atomic E-state index is 0.167. The van der Waals surface area contributed by atoms with Crippen molar-refractivity contribution in [2.75, 3.05) is 26.2 Å². The third-order valence-corrected chi connectivity index (χ3v) is 2.61. The summed E-state index contributed by atoms with van der Waals surface area (Å²) < 4.78 is 0. The molecule has 0 aliphatic carbocycles. The van der Waals surface area contributed by atoms with Gasteiger partial charge in [0.1, 0.15) is 0 Å². The number of carbonyl (C=O) groups excluding carboxylic acids is 1. The van der Waals surface area contributed by atoms with Crippen molar-refractivity contribution in [1.82, 2.24) is 15.5 Å². The lowest BCUT2D eigenvalue weighted by molar-refractivity contribution is -0.126. The highest BCUT2D eigenvalue weighted by molar-refractivity contribution is 5.78. The summed E-state index contributed by atoms with van der Waals surface area (Å²) in [7, 11) is 0. The summed E-state index contributed by atoms with van der Waals surface area (Å²) in [5.74, 6) is 0.167. The predicted molar refractivity (Wildman–Crippen MR) is 45.8 cm³/mol. The summed E-state index contributed by atoms with van der Waals surface area (Å²) in [6.07, 6.45) is 0. The number of hydrogen-bond acceptors (Lipinski definition) is 3. The number of nitrogens with one attached hydrogen (secondary N) is 2. The number of piperazine rings is 2. The largest absolute Gasteiger partial charge is 0.353 e. The number of hydrogen-bond donors (Lipinski definition) is 2. The maximum Gasteiger partial charge on any atom is 0.234 e. The van der Waals surface area contributed by atoms with Crippen LogP contribution in [0.5, 0.6) is 0 Å². The van der Waals surface area contributed by atoms with Crippen LogP contribution in [0.1, 0.15) is 6.92 Å². The molecule has 12 heavy (non-hydrogen) atoms. The number of amides is 1. The van der Waals surface area contributed by atoms with Crippen LogP contribution in [0.3, 0.4) is 0 Å². The molecule has 0 aromatic heterocycles. The molecule has 4 nitrogen and oxygen atoms in total. The lowest BCUT2D eigenvalue weighted by Gasteiger charge is -2.41. The first-order chi connectivity index (χ1) is 5.75. The van der Waals surface area contributed by atoms with Crippen LogP contribution in [0.25, 0.3) is 0 Å². The Morgan fingerprint density at radius 3 is 3.17 bits per heavy atom. The number of carbonyl (C=O) groups is 1. The van der Waals surface area contributed by atoms with Crippen LogP contribution in [-0.2, 0) is 4.79 Å². The Morgan fingerprint density at radius 2 is 2.33 bits per heavy atom. The third kappa shape index (κ3) is 1.44. The first-order valence-corrected chi connectivity index (χ1v) is 4.50. The van der Waals surface area contributed by atoms with Crippen molar-refractivity contribution in [2.24, 2.45) is 0 Å². The van der Waals surface area contributed by atoms with E-state index in [-0.39, 0.29) is 5.91 Å². The van der Waals surface area contributed by atoms with Crippen molar-refractivity contribution in [3.05, 3.63) is 0 Å². The third-order valence-electron chi connectivity index (χ3n) is 2.61. The minimum Gasteiger partial charge on any atom is -0.353 e. The van der Waals surface area contributed by atoms with Gasteiger partial charge in [-0.1, -0.05) is 0 Å². The van der Waals surface area contributed by atoms with Gasteiger partial charge in [-0.25, -0.2) is 0 Å².